The van der Waals surface area contributed by atoms with E-state index in [1.807, 2.05) is 28.2 Å². The zero-order valence-electron chi connectivity index (χ0n) is 15.9. The first-order chi connectivity index (χ1) is 13.0. The van der Waals surface area contributed by atoms with E-state index in [4.69, 9.17) is 8.83 Å². The molecule has 0 saturated heterocycles. The van der Waals surface area contributed by atoms with Crippen LogP contribution in [0.5, 0.6) is 0 Å². The third-order valence-corrected chi connectivity index (χ3v) is 4.34. The summed E-state index contributed by atoms with van der Waals surface area (Å²) in [5.74, 6) is 1.12. The molecule has 1 atom stereocenters. The van der Waals surface area contributed by atoms with Crippen molar-refractivity contribution in [2.45, 2.75) is 6.04 Å². The standard InChI is InChI=1S/C20H23N5O2/c1-24(2)15-9-7-14(8-10-15)17(25(3)4)13-22-19-16(12-21)23-20(27-19)18-6-5-11-26-18/h5-11,17,22H,13H2,1-4H3/t17-/m1/s1. The Labute approximate surface area is 158 Å². The fraction of sp³-hybridized carbons (Fsp3) is 0.300. The van der Waals surface area contributed by atoms with Crippen LogP contribution >= 0.6 is 0 Å². The molecule has 7 nitrogen and oxygen atoms in total. The number of anilines is 2. The van der Waals surface area contributed by atoms with Crippen molar-refractivity contribution in [3.8, 4) is 17.7 Å². The lowest BCUT2D eigenvalue weighted by atomic mass is 10.1. The predicted octanol–water partition coefficient (Wildman–Crippen LogP) is 3.59. The number of nitriles is 1. The average Bonchev–Trinajstić information content (AvgIpc) is 3.31. The molecule has 3 rings (SSSR count). The number of nitrogens with one attached hydrogen (secondary N) is 1. The monoisotopic (exact) mass is 365 g/mol. The van der Waals surface area contributed by atoms with Crippen molar-refractivity contribution in [1.82, 2.24) is 9.88 Å². The lowest BCUT2D eigenvalue weighted by molar-refractivity contribution is 0.310. The van der Waals surface area contributed by atoms with Gasteiger partial charge in [-0.2, -0.15) is 10.2 Å². The molecule has 0 aliphatic carbocycles. The molecule has 0 fully saturated rings. The van der Waals surface area contributed by atoms with Crippen molar-refractivity contribution in [3.63, 3.8) is 0 Å². The van der Waals surface area contributed by atoms with E-state index < -0.39 is 0 Å². The normalized spacial score (nSPS) is 12.0. The third-order valence-electron chi connectivity index (χ3n) is 4.34. The molecular weight excluding hydrogens is 342 g/mol. The Morgan fingerprint density at radius 3 is 2.44 bits per heavy atom. The summed E-state index contributed by atoms with van der Waals surface area (Å²) in [7, 11) is 8.08. The van der Waals surface area contributed by atoms with Crippen LogP contribution in [0.4, 0.5) is 11.6 Å². The zero-order valence-corrected chi connectivity index (χ0v) is 15.9. The van der Waals surface area contributed by atoms with E-state index in [1.54, 1.807) is 12.1 Å². The van der Waals surface area contributed by atoms with Crippen molar-refractivity contribution in [1.29, 1.82) is 5.26 Å². The summed E-state index contributed by atoms with van der Waals surface area (Å²) >= 11 is 0. The topological polar surface area (TPSA) is 81.5 Å². The van der Waals surface area contributed by atoms with Gasteiger partial charge >= 0.3 is 0 Å². The molecule has 140 valence electrons. The maximum atomic E-state index is 9.35. The van der Waals surface area contributed by atoms with Crippen LogP contribution in [-0.2, 0) is 0 Å². The Morgan fingerprint density at radius 1 is 1.15 bits per heavy atom. The van der Waals surface area contributed by atoms with Crippen molar-refractivity contribution in [2.75, 3.05) is 45.0 Å². The summed E-state index contributed by atoms with van der Waals surface area (Å²) in [6.45, 7) is 0.565. The van der Waals surface area contributed by atoms with Gasteiger partial charge < -0.3 is 24.0 Å². The molecule has 0 unspecified atom stereocenters. The Balaban J connectivity index is 1.77. The second kappa shape index (κ2) is 7.98. The van der Waals surface area contributed by atoms with Crippen LogP contribution in [0.1, 0.15) is 17.3 Å². The highest BCUT2D eigenvalue weighted by Crippen LogP contribution is 2.27. The highest BCUT2D eigenvalue weighted by atomic mass is 16.4. The van der Waals surface area contributed by atoms with E-state index in [1.165, 1.54) is 11.8 Å². The number of likely N-dealkylation sites (N-methyl/N-ethyl adjacent to an activating group) is 1. The van der Waals surface area contributed by atoms with Gasteiger partial charge in [-0.25, -0.2) is 0 Å². The number of furan rings is 1. The molecule has 2 heterocycles. The summed E-state index contributed by atoms with van der Waals surface area (Å²) in [5, 5.41) is 12.6. The minimum Gasteiger partial charge on any atom is -0.459 e. The van der Waals surface area contributed by atoms with Crippen LogP contribution in [0.25, 0.3) is 11.7 Å². The fourth-order valence-electron chi connectivity index (χ4n) is 2.80. The van der Waals surface area contributed by atoms with Gasteiger partial charge in [-0.05, 0) is 43.9 Å². The molecule has 0 aliphatic rings. The molecule has 0 radical (unpaired) electrons. The minimum atomic E-state index is 0.102. The minimum absolute atomic E-state index is 0.102. The predicted molar refractivity (Wildman–Crippen MR) is 105 cm³/mol. The van der Waals surface area contributed by atoms with Crippen LogP contribution in [0.2, 0.25) is 0 Å². The quantitative estimate of drug-likeness (QED) is 0.685. The number of benzene rings is 1. The summed E-state index contributed by atoms with van der Waals surface area (Å²) in [5.41, 5.74) is 2.53. The van der Waals surface area contributed by atoms with Gasteiger partial charge in [0, 0.05) is 26.3 Å². The molecule has 3 aromatic rings. The van der Waals surface area contributed by atoms with E-state index in [-0.39, 0.29) is 17.6 Å². The number of oxazole rings is 1. The highest BCUT2D eigenvalue weighted by Gasteiger charge is 2.19. The van der Waals surface area contributed by atoms with Crippen molar-refractivity contribution >= 4 is 11.6 Å². The highest BCUT2D eigenvalue weighted by molar-refractivity contribution is 5.54. The maximum Gasteiger partial charge on any atom is 0.266 e. The molecule has 27 heavy (non-hydrogen) atoms. The summed E-state index contributed by atoms with van der Waals surface area (Å²) in [6.07, 6.45) is 1.54. The molecule has 1 aromatic carbocycles. The second-order valence-corrected chi connectivity index (χ2v) is 6.63. The number of hydrogen-bond acceptors (Lipinski definition) is 7. The van der Waals surface area contributed by atoms with Gasteiger partial charge in [-0.1, -0.05) is 12.1 Å². The van der Waals surface area contributed by atoms with Crippen LogP contribution < -0.4 is 10.2 Å². The van der Waals surface area contributed by atoms with Gasteiger partial charge in [-0.15, -0.1) is 0 Å². The molecule has 0 aliphatic heterocycles. The maximum absolute atomic E-state index is 9.35. The van der Waals surface area contributed by atoms with Crippen LogP contribution in [0.3, 0.4) is 0 Å². The zero-order chi connectivity index (χ0) is 19.4. The van der Waals surface area contributed by atoms with Gasteiger partial charge in [0.05, 0.1) is 12.3 Å². The molecule has 1 N–H and O–H groups in total. The lowest BCUT2D eigenvalue weighted by Crippen LogP contribution is -2.27. The molecule has 2 aromatic heterocycles. The van der Waals surface area contributed by atoms with Crippen LogP contribution in [-0.4, -0.2) is 44.6 Å². The van der Waals surface area contributed by atoms with E-state index in [0.717, 1.165) is 5.69 Å². The smallest absolute Gasteiger partial charge is 0.266 e. The molecule has 0 amide bonds. The molecule has 7 heteroatoms. The Morgan fingerprint density at radius 2 is 1.89 bits per heavy atom. The Hall–Kier alpha value is -3.24. The molecule has 0 saturated carbocycles. The number of nitrogens with zero attached hydrogens (tertiary/aromatic N) is 4. The summed E-state index contributed by atoms with van der Waals surface area (Å²) < 4.78 is 11.0. The molecule has 0 spiro atoms. The SMILES string of the molecule is CN(C)c1ccc([C@@H](CNc2oc(-c3ccco3)nc2C#N)N(C)C)cc1. The lowest BCUT2D eigenvalue weighted by Gasteiger charge is -2.25. The van der Waals surface area contributed by atoms with Gasteiger partial charge in [-0.3, -0.25) is 0 Å². The number of aromatic nitrogens is 1. The van der Waals surface area contributed by atoms with Crippen LogP contribution in [0.15, 0.2) is 51.5 Å². The fourth-order valence-corrected chi connectivity index (χ4v) is 2.80. The van der Waals surface area contributed by atoms with Gasteiger partial charge in [0.15, 0.2) is 5.76 Å². The van der Waals surface area contributed by atoms with E-state index in [2.05, 4.69) is 50.4 Å². The van der Waals surface area contributed by atoms with Crippen molar-refractivity contribution < 1.29 is 8.83 Å². The summed E-state index contributed by atoms with van der Waals surface area (Å²) in [6, 6.07) is 14.1. The molecule has 0 bridgehead atoms. The van der Waals surface area contributed by atoms with Crippen LogP contribution in [0, 0.1) is 11.3 Å². The van der Waals surface area contributed by atoms with E-state index in [9.17, 15) is 5.26 Å². The third kappa shape index (κ3) is 4.13. The first-order valence-corrected chi connectivity index (χ1v) is 8.62. The average molecular weight is 365 g/mol. The Bertz CT molecular complexity index is 905. The largest absolute Gasteiger partial charge is 0.459 e. The second-order valence-electron chi connectivity index (χ2n) is 6.63. The van der Waals surface area contributed by atoms with Crippen molar-refractivity contribution in [3.05, 3.63) is 53.9 Å². The Kier molecular flexibility index (Phi) is 5.48. The summed E-state index contributed by atoms with van der Waals surface area (Å²) in [4.78, 5) is 8.38. The van der Waals surface area contributed by atoms with Gasteiger partial charge in [0.25, 0.3) is 5.89 Å². The van der Waals surface area contributed by atoms with E-state index in [0.29, 0.717) is 18.2 Å². The number of hydrogen-bond donors (Lipinski definition) is 1. The van der Waals surface area contributed by atoms with E-state index >= 15 is 0 Å². The number of rotatable bonds is 7. The van der Waals surface area contributed by atoms with Crippen molar-refractivity contribution in [2.24, 2.45) is 0 Å². The van der Waals surface area contributed by atoms with Gasteiger partial charge in [0.1, 0.15) is 6.07 Å². The first-order valence-electron chi connectivity index (χ1n) is 8.62. The van der Waals surface area contributed by atoms with Gasteiger partial charge in [0.2, 0.25) is 11.6 Å². The molecular formula is C20H23N5O2. The first kappa shape index (κ1) is 18.5.